The van der Waals surface area contributed by atoms with E-state index in [1.165, 1.54) is 5.19 Å². The largest absolute Gasteiger partial charge is 0.412 e. The van der Waals surface area contributed by atoms with Crippen molar-refractivity contribution in [2.45, 2.75) is 0 Å². The van der Waals surface area contributed by atoms with Gasteiger partial charge < -0.3 is 60.2 Å². The summed E-state index contributed by atoms with van der Waals surface area (Å²) in [5, 5.41) is 1.31. The predicted molar refractivity (Wildman–Crippen MR) is 80.2 cm³/mol. The fraction of sp³-hybridized carbons (Fsp3) is 0. The smallest absolute Gasteiger partial charge is 0.155 e. The molecule has 0 heterocycles. The van der Waals surface area contributed by atoms with Crippen LogP contribution < -0.4 is 5.19 Å². The van der Waals surface area contributed by atoms with Crippen molar-refractivity contribution in [3.63, 3.8) is 0 Å². The molecule has 0 bridgehead atoms. The first-order valence-electron chi connectivity index (χ1n) is 2.53. The number of rotatable bonds is 1. The van der Waals surface area contributed by atoms with Crippen molar-refractivity contribution in [2.75, 3.05) is 0 Å². The van der Waals surface area contributed by atoms with E-state index in [0.717, 1.165) is 0 Å². The van der Waals surface area contributed by atoms with Gasteiger partial charge in [0.05, 0.1) is 0 Å². The molecule has 0 aromatic heterocycles. The lowest BCUT2D eigenvalue weighted by atomic mass is 10.4. The number of benzene rings is 1. The molecule has 1 aromatic rings. The molecule has 0 saturated heterocycles. The Morgan fingerprint density at radius 3 is 0.947 bits per heavy atom. The van der Waals surface area contributed by atoms with E-state index in [0.29, 0.717) is 0 Å². The molecule has 0 aliphatic heterocycles. The second-order valence-corrected chi connectivity index (χ2v) is 3.50. The van der Waals surface area contributed by atoms with Crippen LogP contribution in [-0.4, -0.2) is 69.1 Å². The van der Waals surface area contributed by atoms with Crippen LogP contribution in [0, 0.1) is 0 Å². The first kappa shape index (κ1) is 103. The Bertz CT molecular complexity index is 169. The van der Waals surface area contributed by atoms with E-state index in [1.54, 1.807) is 0 Å². The first-order chi connectivity index (χ1) is 3.93. The van der Waals surface area contributed by atoms with E-state index in [4.69, 9.17) is 11.1 Å². The van der Waals surface area contributed by atoms with E-state index in [2.05, 4.69) is 12.1 Å². The van der Waals surface area contributed by atoms with Gasteiger partial charge in [0.25, 0.3) is 0 Å². The van der Waals surface area contributed by atoms with Crippen LogP contribution in [0.25, 0.3) is 0 Å². The molecule has 0 aliphatic carbocycles. The summed E-state index contributed by atoms with van der Waals surface area (Å²) in [6, 6.07) is 10.2. The summed E-state index contributed by atoms with van der Waals surface area (Å²) in [7, 11) is -0.437. The van der Waals surface area contributed by atoms with Gasteiger partial charge in [0.2, 0.25) is 0 Å². The van der Waals surface area contributed by atoms with Crippen LogP contribution in [-0.2, 0) is 0 Å². The third-order valence-electron chi connectivity index (χ3n) is 0.997. The van der Waals surface area contributed by atoms with Gasteiger partial charge in [0.15, 0.2) is 8.83 Å². The molecule has 19 heavy (non-hydrogen) atoms. The Morgan fingerprint density at radius 2 is 0.789 bits per heavy atom. The van der Waals surface area contributed by atoms with Gasteiger partial charge in [-0.05, 0) is 5.19 Å². The summed E-state index contributed by atoms with van der Waals surface area (Å²) in [5.41, 5.74) is 0. The highest BCUT2D eigenvalue weighted by Gasteiger charge is 1.83. The minimum absolute atomic E-state index is 0. The topological polar surface area (TPSA) is 346 Å². The van der Waals surface area contributed by atoms with Gasteiger partial charge in [-0.25, -0.2) is 0 Å². The Balaban J connectivity index is -0.00000000646. The lowest BCUT2D eigenvalue weighted by molar-refractivity contribution is 0.823. The van der Waals surface area contributed by atoms with Crippen molar-refractivity contribution in [3.8, 4) is 0 Å². The molecule has 0 aliphatic rings. The summed E-state index contributed by atoms with van der Waals surface area (Å²) >= 11 is 5.67. The van der Waals surface area contributed by atoms with Crippen molar-refractivity contribution in [1.82, 2.24) is 0 Å². The van der Waals surface area contributed by atoms with E-state index < -0.39 is 8.83 Å². The van der Waals surface area contributed by atoms with Crippen LogP contribution in [0.3, 0.4) is 0 Å². The van der Waals surface area contributed by atoms with Crippen LogP contribution in [0.2, 0.25) is 0 Å². The first-order valence-corrected chi connectivity index (χ1v) is 5.38. The minimum atomic E-state index is -0.437. The summed E-state index contributed by atoms with van der Waals surface area (Å²) < 4.78 is 0. The van der Waals surface area contributed by atoms with Gasteiger partial charge in [-0.1, -0.05) is 30.3 Å². The van der Waals surface area contributed by atoms with E-state index in [1.807, 2.05) is 18.2 Å². The van der Waals surface area contributed by atoms with Crippen molar-refractivity contribution in [1.29, 1.82) is 0 Å². The number of halogens is 1. The van der Waals surface area contributed by atoms with Crippen molar-refractivity contribution in [3.05, 3.63) is 30.3 Å². The predicted octanol–water partition coefficient (Wildman–Crippen LogP) is -8.44. The molecular weight excluding hydrogens is 312 g/mol. The molecule has 11 nitrogen and oxygen atoms in total. The zero-order valence-corrected chi connectivity index (χ0v) is 12.1. The standard InChI is InChI=1S/C6H7ClSi.11H2O/c7-8-6-4-2-1-3-5-6;;;;;;;;;;;/h1-5H,8H2;11*1H2. The highest BCUT2D eigenvalue weighted by Crippen LogP contribution is 1.81. The molecule has 130 valence electrons. The minimum Gasteiger partial charge on any atom is -0.412 e. The van der Waals surface area contributed by atoms with Gasteiger partial charge in [0.1, 0.15) is 0 Å². The van der Waals surface area contributed by atoms with E-state index in [9.17, 15) is 0 Å². The zero-order chi connectivity index (χ0) is 5.82. The van der Waals surface area contributed by atoms with Crippen LogP contribution in [0.15, 0.2) is 30.3 Å². The lowest BCUT2D eigenvalue weighted by Gasteiger charge is -1.87. The molecule has 0 radical (unpaired) electrons. The molecule has 0 amide bonds. The number of hydrogen-bond acceptors (Lipinski definition) is 0. The lowest BCUT2D eigenvalue weighted by Crippen LogP contribution is -2.05. The summed E-state index contributed by atoms with van der Waals surface area (Å²) in [5.74, 6) is 0. The van der Waals surface area contributed by atoms with Gasteiger partial charge in [0, 0.05) is 0 Å². The normalized spacial score (nSPS) is 4.47. The SMILES string of the molecule is Cl[SiH2]c1ccccc1.O.O.O.O.O.O.O.O.O.O.O. The van der Waals surface area contributed by atoms with Crippen molar-refractivity contribution < 1.29 is 60.2 Å². The summed E-state index contributed by atoms with van der Waals surface area (Å²) in [4.78, 5) is 0. The molecule has 22 N–H and O–H groups in total. The van der Waals surface area contributed by atoms with Crippen LogP contribution in [0.1, 0.15) is 0 Å². The summed E-state index contributed by atoms with van der Waals surface area (Å²) in [6.07, 6.45) is 0. The molecule has 0 atom stereocenters. The monoisotopic (exact) mass is 340 g/mol. The van der Waals surface area contributed by atoms with Crippen LogP contribution in [0.4, 0.5) is 0 Å². The molecule has 0 spiro atoms. The Labute approximate surface area is 116 Å². The number of hydrogen-bond donors (Lipinski definition) is 0. The maximum absolute atomic E-state index is 5.67. The van der Waals surface area contributed by atoms with E-state index in [-0.39, 0.29) is 60.2 Å². The quantitative estimate of drug-likeness (QED) is 0.339. The second kappa shape index (κ2) is 66.8. The van der Waals surface area contributed by atoms with Gasteiger partial charge >= 0.3 is 0 Å². The molecule has 1 rings (SSSR count). The molecule has 0 unspecified atom stereocenters. The van der Waals surface area contributed by atoms with Gasteiger partial charge in [-0.15, -0.1) is 0 Å². The van der Waals surface area contributed by atoms with Crippen molar-refractivity contribution in [2.24, 2.45) is 0 Å². The zero-order valence-electron chi connectivity index (χ0n) is 9.97. The molecule has 1 aromatic carbocycles. The summed E-state index contributed by atoms with van der Waals surface area (Å²) in [6.45, 7) is 0. The molecule has 0 fully saturated rings. The van der Waals surface area contributed by atoms with Gasteiger partial charge in [-0.2, -0.15) is 11.1 Å². The highest BCUT2D eigenvalue weighted by atomic mass is 35.6. The third kappa shape index (κ3) is 46.8. The average molecular weight is 341 g/mol. The third-order valence-corrected chi connectivity index (χ3v) is 2.70. The van der Waals surface area contributed by atoms with Crippen LogP contribution in [0.5, 0.6) is 0 Å². The Hall–Kier alpha value is -0.713. The second-order valence-electron chi connectivity index (χ2n) is 1.62. The van der Waals surface area contributed by atoms with Crippen molar-refractivity contribution >= 4 is 25.1 Å². The Kier molecular flexibility index (Phi) is 362. The van der Waals surface area contributed by atoms with Gasteiger partial charge in [-0.3, -0.25) is 0 Å². The average Bonchev–Trinajstić information content (AvgIpc) is 1.90. The molecule has 0 saturated carbocycles. The Morgan fingerprint density at radius 1 is 0.526 bits per heavy atom. The maximum Gasteiger partial charge on any atom is 0.155 e. The highest BCUT2D eigenvalue weighted by molar-refractivity contribution is 7.01. The van der Waals surface area contributed by atoms with E-state index >= 15 is 0 Å². The maximum atomic E-state index is 5.67. The fourth-order valence-corrected chi connectivity index (χ4v) is 1.55. The fourth-order valence-electron chi connectivity index (χ4n) is 0.567. The molecular formula is C6H29ClO11Si. The van der Waals surface area contributed by atoms with Crippen LogP contribution >= 0.6 is 11.1 Å². The molecule has 13 heteroatoms.